The molecular weight excluding hydrogens is 398 g/mol. The number of hydrogen-bond acceptors (Lipinski definition) is 7. The lowest BCUT2D eigenvalue weighted by Crippen LogP contribution is -2.43. The van der Waals surface area contributed by atoms with E-state index in [9.17, 15) is 14.7 Å². The summed E-state index contributed by atoms with van der Waals surface area (Å²) in [6.07, 6.45) is 5.83. The van der Waals surface area contributed by atoms with Crippen molar-refractivity contribution in [2.24, 2.45) is 5.92 Å². The van der Waals surface area contributed by atoms with E-state index in [0.717, 1.165) is 18.4 Å². The van der Waals surface area contributed by atoms with Crippen LogP contribution in [0, 0.1) is 5.92 Å². The van der Waals surface area contributed by atoms with Crippen LogP contribution < -0.4 is 10.1 Å². The molecule has 31 heavy (non-hydrogen) atoms. The molecule has 0 bridgehead atoms. The van der Waals surface area contributed by atoms with Gasteiger partial charge in [-0.2, -0.15) is 0 Å². The maximum Gasteiger partial charge on any atom is 0.347 e. The van der Waals surface area contributed by atoms with Gasteiger partial charge in [-0.15, -0.1) is 5.06 Å². The van der Waals surface area contributed by atoms with Gasteiger partial charge in [0.25, 0.3) is 5.91 Å². The number of rotatable bonds is 8. The van der Waals surface area contributed by atoms with E-state index in [4.69, 9.17) is 9.57 Å². The van der Waals surface area contributed by atoms with Crippen LogP contribution in [0.1, 0.15) is 54.7 Å². The van der Waals surface area contributed by atoms with Crippen LogP contribution in [0.4, 0.5) is 0 Å². The van der Waals surface area contributed by atoms with Crippen molar-refractivity contribution in [3.63, 3.8) is 0 Å². The van der Waals surface area contributed by atoms with Gasteiger partial charge in [0, 0.05) is 19.3 Å². The SMILES string of the molecule is COc1ccnc(C(=O)NC(C)C(=O)ON(C)C(c2ccccc2)C2CCCC2)c1O. The summed E-state index contributed by atoms with van der Waals surface area (Å²) >= 11 is 0. The standard InChI is InChI=1S/C23H29N3O5/c1-15(25-22(28)19-21(27)18(30-3)13-14-24-19)23(29)31-26(2)20(17-11-7-8-12-17)16-9-5-4-6-10-16/h4-6,9-10,13-15,17,20,27H,7-8,11-12H2,1-3H3,(H,25,28). The summed E-state index contributed by atoms with van der Waals surface area (Å²) in [5, 5.41) is 14.2. The molecule has 1 amide bonds. The predicted molar refractivity (Wildman–Crippen MR) is 114 cm³/mol. The number of nitrogens with zero attached hydrogens (tertiary/aromatic N) is 2. The van der Waals surface area contributed by atoms with Crippen LogP contribution in [0.5, 0.6) is 11.5 Å². The molecule has 0 aliphatic heterocycles. The zero-order valence-electron chi connectivity index (χ0n) is 18.1. The number of carbonyl (C=O) groups is 2. The smallest absolute Gasteiger partial charge is 0.347 e. The second kappa shape index (κ2) is 10.3. The van der Waals surface area contributed by atoms with E-state index in [1.165, 1.54) is 39.1 Å². The first-order valence-corrected chi connectivity index (χ1v) is 10.4. The lowest BCUT2D eigenvalue weighted by atomic mass is 9.91. The molecule has 166 valence electrons. The molecule has 1 aromatic carbocycles. The predicted octanol–water partition coefficient (Wildman–Crippen LogP) is 3.24. The van der Waals surface area contributed by atoms with Crippen molar-refractivity contribution >= 4 is 11.9 Å². The largest absolute Gasteiger partial charge is 0.503 e. The highest BCUT2D eigenvalue weighted by atomic mass is 16.7. The number of nitrogens with one attached hydrogen (secondary N) is 1. The summed E-state index contributed by atoms with van der Waals surface area (Å²) in [6.45, 7) is 1.53. The summed E-state index contributed by atoms with van der Waals surface area (Å²) in [6, 6.07) is 10.4. The maximum atomic E-state index is 12.7. The Morgan fingerprint density at radius 3 is 2.52 bits per heavy atom. The molecule has 1 aliphatic carbocycles. The average molecular weight is 428 g/mol. The molecule has 2 atom stereocenters. The molecular formula is C23H29N3O5. The fourth-order valence-corrected chi connectivity index (χ4v) is 4.07. The summed E-state index contributed by atoms with van der Waals surface area (Å²) in [7, 11) is 3.12. The van der Waals surface area contributed by atoms with Crippen molar-refractivity contribution < 1.29 is 24.3 Å². The molecule has 1 saturated carbocycles. The van der Waals surface area contributed by atoms with Gasteiger partial charge in [-0.3, -0.25) is 4.79 Å². The molecule has 2 aromatic rings. The van der Waals surface area contributed by atoms with Gasteiger partial charge in [-0.25, -0.2) is 9.78 Å². The van der Waals surface area contributed by atoms with Gasteiger partial charge in [0.15, 0.2) is 17.2 Å². The van der Waals surface area contributed by atoms with Crippen LogP contribution in [0.3, 0.4) is 0 Å². The number of hydrogen-bond donors (Lipinski definition) is 2. The zero-order valence-corrected chi connectivity index (χ0v) is 18.1. The fourth-order valence-electron chi connectivity index (χ4n) is 4.07. The van der Waals surface area contributed by atoms with Gasteiger partial charge >= 0.3 is 5.97 Å². The lowest BCUT2D eigenvalue weighted by Gasteiger charge is -2.32. The molecule has 0 spiro atoms. The molecule has 0 saturated heterocycles. The number of hydroxylamine groups is 2. The van der Waals surface area contributed by atoms with Crippen LogP contribution >= 0.6 is 0 Å². The van der Waals surface area contributed by atoms with Crippen molar-refractivity contribution in [3.05, 3.63) is 53.9 Å². The number of carbonyl (C=O) groups excluding carboxylic acids is 2. The van der Waals surface area contributed by atoms with Crippen molar-refractivity contribution in [1.29, 1.82) is 0 Å². The molecule has 8 heteroatoms. The van der Waals surface area contributed by atoms with Crippen LogP contribution in [0.15, 0.2) is 42.6 Å². The van der Waals surface area contributed by atoms with Crippen LogP contribution in [-0.4, -0.2) is 47.2 Å². The molecule has 2 unspecified atom stereocenters. The quantitative estimate of drug-likeness (QED) is 0.624. The Hall–Kier alpha value is -3.13. The van der Waals surface area contributed by atoms with E-state index >= 15 is 0 Å². The number of pyridine rings is 1. The normalized spacial score (nSPS) is 16.0. The third-order valence-electron chi connectivity index (χ3n) is 5.64. The molecule has 3 rings (SSSR count). The Morgan fingerprint density at radius 2 is 1.87 bits per heavy atom. The molecule has 1 aromatic heterocycles. The van der Waals surface area contributed by atoms with E-state index in [2.05, 4.69) is 10.3 Å². The third kappa shape index (κ3) is 5.32. The highest BCUT2D eigenvalue weighted by Crippen LogP contribution is 2.39. The first kappa shape index (κ1) is 22.6. The van der Waals surface area contributed by atoms with E-state index in [-0.39, 0.29) is 23.2 Å². The van der Waals surface area contributed by atoms with Crippen molar-refractivity contribution in [1.82, 2.24) is 15.4 Å². The van der Waals surface area contributed by atoms with E-state index in [1.807, 2.05) is 30.3 Å². The molecule has 1 aliphatic rings. The topological polar surface area (TPSA) is 101 Å². The van der Waals surface area contributed by atoms with Gasteiger partial charge in [0.2, 0.25) is 0 Å². The average Bonchev–Trinajstić information content (AvgIpc) is 3.28. The first-order chi connectivity index (χ1) is 14.9. The van der Waals surface area contributed by atoms with Gasteiger partial charge < -0.3 is 20.0 Å². The second-order valence-electron chi connectivity index (χ2n) is 7.76. The summed E-state index contributed by atoms with van der Waals surface area (Å²) in [5.74, 6) is -1.16. The maximum absolute atomic E-state index is 12.7. The zero-order chi connectivity index (χ0) is 22.4. The number of methoxy groups -OCH3 is 1. The summed E-state index contributed by atoms with van der Waals surface area (Å²) in [4.78, 5) is 34.7. The molecule has 8 nitrogen and oxygen atoms in total. The van der Waals surface area contributed by atoms with Gasteiger partial charge in [0.1, 0.15) is 6.04 Å². The third-order valence-corrected chi connectivity index (χ3v) is 5.64. The van der Waals surface area contributed by atoms with E-state index in [0.29, 0.717) is 5.92 Å². The monoisotopic (exact) mass is 427 g/mol. The minimum atomic E-state index is -0.942. The Labute approximate surface area is 182 Å². The Balaban J connectivity index is 1.67. The second-order valence-corrected chi connectivity index (χ2v) is 7.76. The van der Waals surface area contributed by atoms with Gasteiger partial charge in [0.05, 0.1) is 13.2 Å². The fraction of sp³-hybridized carbons (Fsp3) is 0.435. The van der Waals surface area contributed by atoms with Crippen molar-refractivity contribution in [3.8, 4) is 11.5 Å². The van der Waals surface area contributed by atoms with Crippen molar-refractivity contribution in [2.75, 3.05) is 14.2 Å². The first-order valence-electron chi connectivity index (χ1n) is 10.4. The van der Waals surface area contributed by atoms with Gasteiger partial charge in [-0.05, 0) is 31.2 Å². The highest BCUT2D eigenvalue weighted by molar-refractivity contribution is 5.97. The minimum Gasteiger partial charge on any atom is -0.503 e. The Bertz CT molecular complexity index is 899. The number of amides is 1. The number of benzene rings is 1. The van der Waals surface area contributed by atoms with Crippen molar-refractivity contribution in [2.45, 2.75) is 44.7 Å². The van der Waals surface area contributed by atoms with Crippen LogP contribution in [-0.2, 0) is 9.63 Å². The number of ether oxygens (including phenoxy) is 1. The molecule has 0 radical (unpaired) electrons. The molecule has 1 fully saturated rings. The van der Waals surface area contributed by atoms with E-state index in [1.54, 1.807) is 12.1 Å². The summed E-state index contributed by atoms with van der Waals surface area (Å²) < 4.78 is 4.99. The molecule has 2 N–H and O–H groups in total. The minimum absolute atomic E-state index is 0.0559. The Morgan fingerprint density at radius 1 is 1.19 bits per heavy atom. The molecule has 1 heterocycles. The summed E-state index contributed by atoms with van der Waals surface area (Å²) in [5.41, 5.74) is 0.868. The Kier molecular flexibility index (Phi) is 7.46. The van der Waals surface area contributed by atoms with Gasteiger partial charge in [-0.1, -0.05) is 43.2 Å². The highest BCUT2D eigenvalue weighted by Gasteiger charge is 2.32. The van der Waals surface area contributed by atoms with Crippen LogP contribution in [0.25, 0.3) is 0 Å². The van der Waals surface area contributed by atoms with E-state index < -0.39 is 17.9 Å². The van der Waals surface area contributed by atoms with Crippen LogP contribution in [0.2, 0.25) is 0 Å². The number of aromatic nitrogens is 1. The lowest BCUT2D eigenvalue weighted by molar-refractivity contribution is -0.201. The number of aromatic hydroxyl groups is 1.